The molecular weight excluding hydrogens is 525 g/mol. The van der Waals surface area contributed by atoms with Crippen molar-refractivity contribution < 1.29 is 40.7 Å². The van der Waals surface area contributed by atoms with Crippen molar-refractivity contribution in [2.45, 2.75) is 62.9 Å². The summed E-state index contributed by atoms with van der Waals surface area (Å²) in [5, 5.41) is 0. The summed E-state index contributed by atoms with van der Waals surface area (Å²) >= 11 is 0. The maximum Gasteiger partial charge on any atom is 0.416 e. The molecule has 1 aliphatic rings. The zero-order chi connectivity index (χ0) is 28.3. The molecular formula is C26H31F3N2O6S. The van der Waals surface area contributed by atoms with Gasteiger partial charge in [-0.25, -0.2) is 18.0 Å². The van der Waals surface area contributed by atoms with Crippen molar-refractivity contribution in [2.75, 3.05) is 20.2 Å². The second kappa shape index (κ2) is 11.3. The number of alkyl halides is 3. The lowest BCUT2D eigenvalue weighted by molar-refractivity contribution is -0.137. The number of benzene rings is 2. The summed E-state index contributed by atoms with van der Waals surface area (Å²) in [7, 11) is -3.09. The van der Waals surface area contributed by atoms with Crippen LogP contribution < -0.4 is 0 Å². The van der Waals surface area contributed by atoms with E-state index < -0.39 is 45.5 Å². The minimum absolute atomic E-state index is 0.0332. The second-order valence-electron chi connectivity index (χ2n) is 9.99. The van der Waals surface area contributed by atoms with Gasteiger partial charge in [0, 0.05) is 25.7 Å². The number of halogens is 3. The summed E-state index contributed by atoms with van der Waals surface area (Å²) in [5.74, 6) is -0.599. The van der Waals surface area contributed by atoms with E-state index in [0.717, 1.165) is 24.3 Å². The van der Waals surface area contributed by atoms with E-state index in [1.165, 1.54) is 28.4 Å². The number of likely N-dealkylation sites (tertiary alicyclic amines) is 1. The van der Waals surface area contributed by atoms with Gasteiger partial charge in [-0.2, -0.15) is 17.5 Å². The van der Waals surface area contributed by atoms with Crippen molar-refractivity contribution in [1.82, 2.24) is 9.21 Å². The van der Waals surface area contributed by atoms with Gasteiger partial charge in [0.25, 0.3) is 0 Å². The fraction of sp³-hybridized carbons (Fsp3) is 0.462. The van der Waals surface area contributed by atoms with Crippen molar-refractivity contribution in [1.29, 1.82) is 0 Å². The number of methoxy groups -OCH3 is 1. The van der Waals surface area contributed by atoms with Gasteiger partial charge in [-0.1, -0.05) is 12.1 Å². The Hall–Kier alpha value is -3.12. The monoisotopic (exact) mass is 556 g/mol. The number of carbonyl (C=O) groups excluding carboxylic acids is 2. The Bertz CT molecular complexity index is 1260. The van der Waals surface area contributed by atoms with Crippen LogP contribution in [0.4, 0.5) is 18.0 Å². The molecule has 1 unspecified atom stereocenters. The quantitative estimate of drug-likeness (QED) is 0.461. The highest BCUT2D eigenvalue weighted by Gasteiger charge is 2.37. The van der Waals surface area contributed by atoms with Gasteiger partial charge in [0.15, 0.2) is 0 Å². The zero-order valence-electron chi connectivity index (χ0n) is 21.6. The van der Waals surface area contributed by atoms with Gasteiger partial charge < -0.3 is 14.4 Å². The number of rotatable bonds is 6. The van der Waals surface area contributed by atoms with Crippen molar-refractivity contribution >= 4 is 22.1 Å². The van der Waals surface area contributed by atoms with Crippen LogP contribution in [-0.2, 0) is 32.2 Å². The number of carbonyl (C=O) groups is 2. The molecule has 2 aromatic rings. The number of sulfonamides is 1. The number of amides is 1. The minimum Gasteiger partial charge on any atom is -0.465 e. The van der Waals surface area contributed by atoms with Crippen LogP contribution in [-0.4, -0.2) is 61.5 Å². The largest absolute Gasteiger partial charge is 0.465 e. The van der Waals surface area contributed by atoms with Crippen LogP contribution in [0.5, 0.6) is 0 Å². The standard InChI is InChI=1S/C26H31F3N2O6S/c1-25(2,3)37-24(33)30-14-6-9-21(17-30)31(16-18-7-5-8-19(15-18)23(32)36-4)38(34,35)22-12-10-20(11-13-22)26(27,28)29/h5,7-8,10-13,15,21H,6,9,14,16-17H2,1-4H3. The molecule has 0 aliphatic carbocycles. The lowest BCUT2D eigenvalue weighted by Gasteiger charge is -2.39. The molecule has 1 atom stereocenters. The van der Waals surface area contributed by atoms with E-state index >= 15 is 0 Å². The molecule has 0 N–H and O–H groups in total. The number of piperidine rings is 1. The Balaban J connectivity index is 1.99. The fourth-order valence-electron chi connectivity index (χ4n) is 4.14. The lowest BCUT2D eigenvalue weighted by atomic mass is 10.0. The molecule has 1 heterocycles. The van der Waals surface area contributed by atoms with Gasteiger partial charge in [-0.05, 0) is 75.6 Å². The fourth-order valence-corrected chi connectivity index (χ4v) is 5.77. The first-order valence-electron chi connectivity index (χ1n) is 12.0. The Kier molecular flexibility index (Phi) is 8.77. The van der Waals surface area contributed by atoms with E-state index in [9.17, 15) is 31.2 Å². The van der Waals surface area contributed by atoms with Crippen molar-refractivity contribution in [3.8, 4) is 0 Å². The van der Waals surface area contributed by atoms with Crippen molar-refractivity contribution in [2.24, 2.45) is 0 Å². The minimum atomic E-state index is -4.62. The van der Waals surface area contributed by atoms with Crippen LogP contribution in [0.3, 0.4) is 0 Å². The molecule has 1 fully saturated rings. The molecule has 0 radical (unpaired) electrons. The van der Waals surface area contributed by atoms with Gasteiger partial charge in [-0.3, -0.25) is 0 Å². The highest BCUT2D eigenvalue weighted by molar-refractivity contribution is 7.89. The Morgan fingerprint density at radius 1 is 1.08 bits per heavy atom. The second-order valence-corrected chi connectivity index (χ2v) is 11.9. The number of nitrogens with zero attached hydrogens (tertiary/aromatic N) is 2. The van der Waals surface area contributed by atoms with Crippen molar-refractivity contribution in [3.63, 3.8) is 0 Å². The van der Waals surface area contributed by atoms with Gasteiger partial charge >= 0.3 is 18.2 Å². The molecule has 1 amide bonds. The molecule has 0 saturated carbocycles. The van der Waals surface area contributed by atoms with E-state index in [1.54, 1.807) is 32.9 Å². The van der Waals surface area contributed by atoms with Crippen LogP contribution in [0.1, 0.15) is 55.1 Å². The third-order valence-electron chi connectivity index (χ3n) is 5.93. The van der Waals surface area contributed by atoms with Crippen LogP contribution in [0.25, 0.3) is 0 Å². The first kappa shape index (κ1) is 29.4. The predicted octanol–water partition coefficient (Wildman–Crippen LogP) is 5.08. The van der Waals surface area contributed by atoms with Crippen LogP contribution >= 0.6 is 0 Å². The molecule has 8 nitrogen and oxygen atoms in total. The van der Waals surface area contributed by atoms with Crippen molar-refractivity contribution in [3.05, 3.63) is 65.2 Å². The normalized spacial score (nSPS) is 16.8. The smallest absolute Gasteiger partial charge is 0.416 e. The zero-order valence-corrected chi connectivity index (χ0v) is 22.4. The summed E-state index contributed by atoms with van der Waals surface area (Å²) in [6.07, 6.45) is -4.30. The molecule has 1 saturated heterocycles. The van der Waals surface area contributed by atoms with E-state index in [1.807, 2.05) is 0 Å². The average molecular weight is 557 g/mol. The molecule has 208 valence electrons. The first-order valence-corrected chi connectivity index (χ1v) is 13.4. The summed E-state index contributed by atoms with van der Waals surface area (Å²) in [4.78, 5) is 25.8. The number of esters is 1. The molecule has 2 aromatic carbocycles. The number of ether oxygens (including phenoxy) is 2. The number of hydrogen-bond acceptors (Lipinski definition) is 6. The van der Waals surface area contributed by atoms with Crippen LogP contribution in [0.2, 0.25) is 0 Å². The molecule has 1 aliphatic heterocycles. The Morgan fingerprint density at radius 2 is 1.74 bits per heavy atom. The first-order chi connectivity index (χ1) is 17.6. The maximum atomic E-state index is 13.8. The molecule has 12 heteroatoms. The van der Waals surface area contributed by atoms with Crippen LogP contribution in [0, 0.1) is 0 Å². The predicted molar refractivity (Wildman–Crippen MR) is 133 cm³/mol. The van der Waals surface area contributed by atoms with Gasteiger partial charge in [-0.15, -0.1) is 0 Å². The lowest BCUT2D eigenvalue weighted by Crippen LogP contribution is -2.52. The summed E-state index contributed by atoms with van der Waals surface area (Å²) in [6.45, 7) is 5.40. The SMILES string of the molecule is COC(=O)c1cccc(CN(C2CCCN(C(=O)OC(C)(C)C)C2)S(=O)(=O)c2ccc(C(F)(F)F)cc2)c1. The third kappa shape index (κ3) is 7.25. The highest BCUT2D eigenvalue weighted by Crippen LogP contribution is 2.32. The van der Waals surface area contributed by atoms with E-state index in [-0.39, 0.29) is 23.5 Å². The topological polar surface area (TPSA) is 93.2 Å². The van der Waals surface area contributed by atoms with Gasteiger partial charge in [0.2, 0.25) is 10.0 Å². The van der Waals surface area contributed by atoms with E-state index in [0.29, 0.717) is 24.9 Å². The molecule has 3 rings (SSSR count). The maximum absolute atomic E-state index is 13.8. The average Bonchev–Trinajstić information content (AvgIpc) is 2.85. The third-order valence-corrected chi connectivity index (χ3v) is 7.84. The molecule has 0 aromatic heterocycles. The molecule has 38 heavy (non-hydrogen) atoms. The summed E-state index contributed by atoms with van der Waals surface area (Å²) < 4.78 is 78.2. The molecule has 0 bridgehead atoms. The van der Waals surface area contributed by atoms with Gasteiger partial charge in [0.1, 0.15) is 5.60 Å². The van der Waals surface area contributed by atoms with E-state index in [2.05, 4.69) is 0 Å². The summed E-state index contributed by atoms with van der Waals surface area (Å²) in [6, 6.07) is 8.83. The Labute approximate surface area is 220 Å². The van der Waals surface area contributed by atoms with Crippen LogP contribution in [0.15, 0.2) is 53.4 Å². The Morgan fingerprint density at radius 3 is 2.32 bits per heavy atom. The highest BCUT2D eigenvalue weighted by atomic mass is 32.2. The molecule has 0 spiro atoms. The van der Waals surface area contributed by atoms with Gasteiger partial charge in [0.05, 0.1) is 23.1 Å². The number of hydrogen-bond donors (Lipinski definition) is 0. The summed E-state index contributed by atoms with van der Waals surface area (Å²) in [5.41, 5.74) is -1.03. The van der Waals surface area contributed by atoms with E-state index in [4.69, 9.17) is 9.47 Å².